The Bertz CT molecular complexity index is 408. The molecular formula is C9H11N3. The normalized spacial score (nSPS) is 19.6. The molecule has 1 atom stereocenters. The van der Waals surface area contributed by atoms with Gasteiger partial charge in [0, 0.05) is 5.69 Å². The molecule has 0 saturated carbocycles. The van der Waals surface area contributed by atoms with Crippen LogP contribution in [-0.4, -0.2) is 6.17 Å². The number of nitrogens with two attached hydrogens (primary N) is 1. The summed E-state index contributed by atoms with van der Waals surface area (Å²) in [5.74, 6) is 0. The smallest absolute Gasteiger partial charge is 0.140 e. The first-order valence-electron chi connectivity index (χ1n) is 4.11. The molecule has 0 spiro atoms. The summed E-state index contributed by atoms with van der Waals surface area (Å²) in [5, 5.41) is 1.90. The quantitative estimate of drug-likeness (QED) is 0.590. The first-order chi connectivity index (χ1) is 5.79. The van der Waals surface area contributed by atoms with E-state index in [1.807, 2.05) is 18.2 Å². The third-order valence-corrected chi connectivity index (χ3v) is 1.94. The van der Waals surface area contributed by atoms with E-state index in [-0.39, 0.29) is 6.17 Å². The lowest BCUT2D eigenvalue weighted by Gasteiger charge is -1.94. The Hall–Kier alpha value is -1.38. The Morgan fingerprint density at radius 1 is 1.33 bits per heavy atom. The summed E-state index contributed by atoms with van der Waals surface area (Å²) in [6, 6.07) is 5.65. The van der Waals surface area contributed by atoms with Gasteiger partial charge in [-0.25, -0.2) is 0 Å². The van der Waals surface area contributed by atoms with E-state index in [0.717, 1.165) is 22.8 Å². The molecule has 2 N–H and O–H groups in total. The Balaban J connectivity index is 2.61. The van der Waals surface area contributed by atoms with Crippen molar-refractivity contribution < 1.29 is 0 Å². The van der Waals surface area contributed by atoms with Gasteiger partial charge in [-0.15, -0.1) is 0 Å². The van der Waals surface area contributed by atoms with Crippen molar-refractivity contribution in [2.45, 2.75) is 19.5 Å². The minimum atomic E-state index is 0.113. The topological polar surface area (TPSA) is 50.7 Å². The lowest BCUT2D eigenvalue weighted by atomic mass is 10.3. The first-order valence-corrected chi connectivity index (χ1v) is 4.11. The number of nitrogen functional groups attached to an aromatic ring is 1. The lowest BCUT2D eigenvalue weighted by molar-refractivity contribution is 0.682. The van der Waals surface area contributed by atoms with Crippen LogP contribution in [0.4, 0.5) is 5.69 Å². The van der Waals surface area contributed by atoms with Gasteiger partial charge in [0.2, 0.25) is 0 Å². The molecule has 3 nitrogen and oxygen atoms in total. The summed E-state index contributed by atoms with van der Waals surface area (Å²) in [5.41, 5.74) is 6.37. The zero-order valence-electron chi connectivity index (χ0n) is 6.99. The zero-order valence-corrected chi connectivity index (χ0v) is 6.99. The highest BCUT2D eigenvalue weighted by molar-refractivity contribution is 5.36. The summed E-state index contributed by atoms with van der Waals surface area (Å²) in [6.07, 6.45) is 1.07. The molecule has 1 aliphatic heterocycles. The van der Waals surface area contributed by atoms with Gasteiger partial charge in [0.05, 0.1) is 10.7 Å². The zero-order chi connectivity index (χ0) is 8.55. The number of nitrogens with zero attached hydrogens (tertiary/aromatic N) is 2. The average molecular weight is 161 g/mol. The van der Waals surface area contributed by atoms with E-state index in [1.54, 1.807) is 0 Å². The number of fused-ring (bicyclic) bond motifs is 1. The number of rotatable bonds is 1. The van der Waals surface area contributed by atoms with Gasteiger partial charge in [0.15, 0.2) is 0 Å². The van der Waals surface area contributed by atoms with Crippen LogP contribution in [-0.2, 0) is 0 Å². The first kappa shape index (κ1) is 7.28. The van der Waals surface area contributed by atoms with Gasteiger partial charge in [-0.3, -0.25) is 9.98 Å². The molecular weight excluding hydrogens is 150 g/mol. The predicted molar refractivity (Wildman–Crippen MR) is 47.2 cm³/mol. The van der Waals surface area contributed by atoms with Crippen LogP contribution in [0.25, 0.3) is 0 Å². The molecule has 0 fully saturated rings. The lowest BCUT2D eigenvalue weighted by Crippen LogP contribution is -2.21. The molecule has 0 bridgehead atoms. The molecule has 3 heteroatoms. The van der Waals surface area contributed by atoms with E-state index < -0.39 is 0 Å². The molecule has 0 saturated heterocycles. The molecule has 2 rings (SSSR count). The molecule has 1 heterocycles. The Labute approximate surface area is 70.7 Å². The largest absolute Gasteiger partial charge is 0.399 e. The van der Waals surface area contributed by atoms with Crippen molar-refractivity contribution in [2.75, 3.05) is 5.73 Å². The summed E-state index contributed by atoms with van der Waals surface area (Å²) < 4.78 is 0. The minimum absolute atomic E-state index is 0.113. The highest BCUT2D eigenvalue weighted by Gasteiger charge is 2.06. The van der Waals surface area contributed by atoms with Crippen LogP contribution in [0.2, 0.25) is 0 Å². The van der Waals surface area contributed by atoms with Crippen LogP contribution in [0.5, 0.6) is 0 Å². The number of hydrogen-bond donors (Lipinski definition) is 1. The fourth-order valence-electron chi connectivity index (χ4n) is 1.29. The monoisotopic (exact) mass is 161 g/mol. The van der Waals surface area contributed by atoms with Gasteiger partial charge in [0.1, 0.15) is 6.17 Å². The summed E-state index contributed by atoms with van der Waals surface area (Å²) in [4.78, 5) is 8.77. The molecule has 0 aromatic heterocycles. The van der Waals surface area contributed by atoms with Gasteiger partial charge < -0.3 is 5.73 Å². The molecule has 0 unspecified atom stereocenters. The van der Waals surface area contributed by atoms with Crippen LogP contribution in [0.1, 0.15) is 13.3 Å². The van der Waals surface area contributed by atoms with Crippen LogP contribution >= 0.6 is 0 Å². The van der Waals surface area contributed by atoms with E-state index in [9.17, 15) is 0 Å². The summed E-state index contributed by atoms with van der Waals surface area (Å²) >= 11 is 0. The van der Waals surface area contributed by atoms with E-state index in [2.05, 4.69) is 16.9 Å². The molecule has 1 aliphatic rings. The predicted octanol–water partition coefficient (Wildman–Crippen LogP) is 0.258. The minimum Gasteiger partial charge on any atom is -0.399 e. The van der Waals surface area contributed by atoms with Crippen molar-refractivity contribution in [1.82, 2.24) is 0 Å². The van der Waals surface area contributed by atoms with Crippen LogP contribution in [0.3, 0.4) is 0 Å². The van der Waals surface area contributed by atoms with Crippen LogP contribution in [0, 0.1) is 0 Å². The molecule has 0 amide bonds. The third-order valence-electron chi connectivity index (χ3n) is 1.94. The summed E-state index contributed by atoms with van der Waals surface area (Å²) in [7, 11) is 0. The Morgan fingerprint density at radius 2 is 2.08 bits per heavy atom. The molecule has 0 radical (unpaired) electrons. The highest BCUT2D eigenvalue weighted by atomic mass is 15.0. The van der Waals surface area contributed by atoms with Crippen molar-refractivity contribution >= 4 is 5.69 Å². The standard InChI is InChI=1S/C9H11N3/c1-2-9-11-7-4-3-6(10)5-8(7)12-9/h3-5,9H,2,10H2,1H3/t9-/m1/s1. The SMILES string of the molecule is CC[C@@H]1N=c2ccc(N)cc2=N1. The van der Waals surface area contributed by atoms with E-state index >= 15 is 0 Å². The van der Waals surface area contributed by atoms with Gasteiger partial charge >= 0.3 is 0 Å². The number of hydrogen-bond acceptors (Lipinski definition) is 3. The molecule has 12 heavy (non-hydrogen) atoms. The van der Waals surface area contributed by atoms with Crippen molar-refractivity contribution in [3.8, 4) is 0 Å². The fraction of sp³-hybridized carbons (Fsp3) is 0.333. The molecule has 1 aromatic rings. The van der Waals surface area contributed by atoms with Crippen LogP contribution in [0.15, 0.2) is 28.2 Å². The second-order valence-corrected chi connectivity index (χ2v) is 2.90. The Kier molecular flexibility index (Phi) is 1.57. The van der Waals surface area contributed by atoms with E-state index in [1.165, 1.54) is 0 Å². The number of anilines is 1. The van der Waals surface area contributed by atoms with Crippen molar-refractivity contribution in [3.63, 3.8) is 0 Å². The van der Waals surface area contributed by atoms with E-state index in [0.29, 0.717) is 0 Å². The molecule has 62 valence electrons. The van der Waals surface area contributed by atoms with E-state index in [4.69, 9.17) is 5.73 Å². The van der Waals surface area contributed by atoms with Crippen molar-refractivity contribution in [3.05, 3.63) is 28.9 Å². The van der Waals surface area contributed by atoms with Gasteiger partial charge in [-0.1, -0.05) is 6.92 Å². The van der Waals surface area contributed by atoms with Gasteiger partial charge in [-0.05, 0) is 24.6 Å². The number of benzene rings is 1. The Morgan fingerprint density at radius 3 is 2.83 bits per heavy atom. The maximum Gasteiger partial charge on any atom is 0.140 e. The fourth-order valence-corrected chi connectivity index (χ4v) is 1.29. The van der Waals surface area contributed by atoms with Gasteiger partial charge in [-0.2, -0.15) is 0 Å². The van der Waals surface area contributed by atoms with Crippen molar-refractivity contribution in [2.24, 2.45) is 9.98 Å². The second-order valence-electron chi connectivity index (χ2n) is 2.90. The molecule has 1 aromatic carbocycles. The maximum atomic E-state index is 5.62. The van der Waals surface area contributed by atoms with Gasteiger partial charge in [0.25, 0.3) is 0 Å². The second kappa shape index (κ2) is 2.59. The summed E-state index contributed by atoms with van der Waals surface area (Å²) in [6.45, 7) is 2.08. The third kappa shape index (κ3) is 1.07. The highest BCUT2D eigenvalue weighted by Crippen LogP contribution is 2.00. The average Bonchev–Trinajstić information content (AvgIpc) is 2.46. The van der Waals surface area contributed by atoms with Crippen molar-refractivity contribution in [1.29, 1.82) is 0 Å². The van der Waals surface area contributed by atoms with Crippen LogP contribution < -0.4 is 16.4 Å². The molecule has 0 aliphatic carbocycles. The maximum absolute atomic E-state index is 5.62.